The predicted molar refractivity (Wildman–Crippen MR) is 76.6 cm³/mol. The maximum absolute atomic E-state index is 9.14. The molecule has 1 N–H and O–H groups in total. The molecule has 2 aromatic carbocycles. The number of hydrogen-bond acceptors (Lipinski definition) is 2. The summed E-state index contributed by atoms with van der Waals surface area (Å²) in [5.41, 5.74) is 1.33. The van der Waals surface area contributed by atoms with E-state index < -0.39 is 0 Å². The number of fused-ring (bicyclic) bond motifs is 1. The monoisotopic (exact) mass is 243 g/mol. The molecule has 0 radical (unpaired) electrons. The van der Waals surface area contributed by atoms with Crippen LogP contribution in [0.25, 0.3) is 10.8 Å². The summed E-state index contributed by atoms with van der Waals surface area (Å²) in [6.45, 7) is 6.16. The van der Waals surface area contributed by atoms with Crippen molar-refractivity contribution in [3.63, 3.8) is 0 Å². The molecular formula is C16H21NO. The fraction of sp³-hybridized carbons (Fsp3) is 0.375. The summed E-state index contributed by atoms with van der Waals surface area (Å²) >= 11 is 0. The summed E-state index contributed by atoms with van der Waals surface area (Å²) in [7, 11) is 0. The average molecular weight is 243 g/mol. The van der Waals surface area contributed by atoms with E-state index in [1.165, 1.54) is 16.3 Å². The zero-order valence-electron chi connectivity index (χ0n) is 11.1. The summed E-state index contributed by atoms with van der Waals surface area (Å²) in [6, 6.07) is 15.3. The highest BCUT2D eigenvalue weighted by Crippen LogP contribution is 2.20. The van der Waals surface area contributed by atoms with Gasteiger partial charge in [0.1, 0.15) is 0 Å². The van der Waals surface area contributed by atoms with Gasteiger partial charge in [-0.2, -0.15) is 0 Å². The normalized spacial score (nSPS) is 11.6. The highest BCUT2D eigenvalue weighted by atomic mass is 16.3. The van der Waals surface area contributed by atoms with Crippen molar-refractivity contribution in [3.05, 3.63) is 48.0 Å². The zero-order valence-corrected chi connectivity index (χ0v) is 11.1. The Labute approximate surface area is 109 Å². The molecule has 18 heavy (non-hydrogen) atoms. The van der Waals surface area contributed by atoms with Gasteiger partial charge in [-0.1, -0.05) is 42.5 Å². The van der Waals surface area contributed by atoms with Crippen molar-refractivity contribution in [2.24, 2.45) is 0 Å². The number of aliphatic hydroxyl groups is 1. The molecule has 0 unspecified atom stereocenters. The van der Waals surface area contributed by atoms with Crippen LogP contribution in [-0.4, -0.2) is 29.2 Å². The maximum Gasteiger partial charge on any atom is 0.0558 e. The van der Waals surface area contributed by atoms with Gasteiger partial charge in [0.15, 0.2) is 0 Å². The predicted octanol–water partition coefficient (Wildman–Crippen LogP) is 3.04. The molecule has 0 atom stereocenters. The number of rotatable bonds is 5. The van der Waals surface area contributed by atoms with Crippen LogP contribution in [0.5, 0.6) is 0 Å². The molecule has 2 rings (SSSR count). The Morgan fingerprint density at radius 2 is 1.78 bits per heavy atom. The van der Waals surface area contributed by atoms with Gasteiger partial charge in [0.25, 0.3) is 0 Å². The Hall–Kier alpha value is -1.38. The molecule has 0 aliphatic heterocycles. The van der Waals surface area contributed by atoms with Gasteiger partial charge in [-0.05, 0) is 30.2 Å². The van der Waals surface area contributed by atoms with E-state index in [1.54, 1.807) is 0 Å². The van der Waals surface area contributed by atoms with E-state index in [2.05, 4.69) is 61.2 Å². The van der Waals surface area contributed by atoms with Crippen molar-refractivity contribution >= 4 is 10.8 Å². The number of benzene rings is 2. The minimum absolute atomic E-state index is 0.211. The summed E-state index contributed by atoms with van der Waals surface area (Å²) in [4.78, 5) is 2.29. The van der Waals surface area contributed by atoms with E-state index in [0.29, 0.717) is 6.04 Å². The third kappa shape index (κ3) is 2.89. The molecule has 0 bridgehead atoms. The number of hydrogen-bond donors (Lipinski definition) is 1. The molecule has 96 valence electrons. The van der Waals surface area contributed by atoms with Crippen molar-refractivity contribution in [1.29, 1.82) is 0 Å². The van der Waals surface area contributed by atoms with Gasteiger partial charge >= 0.3 is 0 Å². The number of nitrogens with zero attached hydrogens (tertiary/aromatic N) is 1. The summed E-state index contributed by atoms with van der Waals surface area (Å²) in [6.07, 6.45) is 0. The van der Waals surface area contributed by atoms with Crippen molar-refractivity contribution in [1.82, 2.24) is 4.90 Å². The van der Waals surface area contributed by atoms with Crippen LogP contribution in [0.1, 0.15) is 19.4 Å². The lowest BCUT2D eigenvalue weighted by molar-refractivity contribution is 0.160. The summed E-state index contributed by atoms with van der Waals surface area (Å²) in [5, 5.41) is 11.7. The van der Waals surface area contributed by atoms with Crippen LogP contribution in [-0.2, 0) is 6.54 Å². The standard InChI is InChI=1S/C16H21NO/c1-13(2)17(10-11-18)12-15-8-5-7-14-6-3-4-9-16(14)15/h3-9,13,18H,10-12H2,1-2H3. The van der Waals surface area contributed by atoms with Crippen molar-refractivity contribution in [2.45, 2.75) is 26.4 Å². The van der Waals surface area contributed by atoms with Crippen LogP contribution in [0.4, 0.5) is 0 Å². The summed E-state index contributed by atoms with van der Waals surface area (Å²) < 4.78 is 0. The topological polar surface area (TPSA) is 23.5 Å². The molecule has 0 saturated heterocycles. The molecule has 0 heterocycles. The quantitative estimate of drug-likeness (QED) is 0.872. The van der Waals surface area contributed by atoms with Gasteiger partial charge in [0.05, 0.1) is 6.61 Å². The fourth-order valence-corrected chi connectivity index (χ4v) is 2.30. The molecule has 2 heteroatoms. The van der Waals surface area contributed by atoms with Gasteiger partial charge in [-0.25, -0.2) is 0 Å². The zero-order chi connectivity index (χ0) is 13.0. The fourth-order valence-electron chi connectivity index (χ4n) is 2.30. The smallest absolute Gasteiger partial charge is 0.0558 e. The summed E-state index contributed by atoms with van der Waals surface area (Å²) in [5.74, 6) is 0. The van der Waals surface area contributed by atoms with Crippen molar-refractivity contribution < 1.29 is 5.11 Å². The van der Waals surface area contributed by atoms with E-state index in [-0.39, 0.29) is 6.61 Å². The Morgan fingerprint density at radius 3 is 2.50 bits per heavy atom. The van der Waals surface area contributed by atoms with E-state index in [4.69, 9.17) is 5.11 Å². The van der Waals surface area contributed by atoms with Gasteiger partial charge in [0, 0.05) is 19.1 Å². The Morgan fingerprint density at radius 1 is 1.06 bits per heavy atom. The van der Waals surface area contributed by atoms with Crippen LogP contribution in [0.2, 0.25) is 0 Å². The molecule has 0 fully saturated rings. The Kier molecular flexibility index (Phi) is 4.34. The van der Waals surface area contributed by atoms with E-state index in [0.717, 1.165) is 13.1 Å². The lowest BCUT2D eigenvalue weighted by Gasteiger charge is -2.26. The first-order valence-electron chi connectivity index (χ1n) is 6.54. The van der Waals surface area contributed by atoms with Crippen LogP contribution in [0.3, 0.4) is 0 Å². The van der Waals surface area contributed by atoms with E-state index >= 15 is 0 Å². The van der Waals surface area contributed by atoms with Crippen molar-refractivity contribution in [2.75, 3.05) is 13.2 Å². The molecule has 0 saturated carbocycles. The molecule has 0 aromatic heterocycles. The second kappa shape index (κ2) is 5.98. The van der Waals surface area contributed by atoms with E-state index in [9.17, 15) is 0 Å². The lowest BCUT2D eigenvalue weighted by Crippen LogP contribution is -2.32. The highest BCUT2D eigenvalue weighted by Gasteiger charge is 2.10. The van der Waals surface area contributed by atoms with Crippen LogP contribution in [0, 0.1) is 0 Å². The molecule has 2 nitrogen and oxygen atoms in total. The van der Waals surface area contributed by atoms with Crippen LogP contribution >= 0.6 is 0 Å². The molecule has 0 aliphatic rings. The Balaban J connectivity index is 2.30. The minimum atomic E-state index is 0.211. The van der Waals surface area contributed by atoms with Crippen molar-refractivity contribution in [3.8, 4) is 0 Å². The first kappa shape index (κ1) is 13.1. The van der Waals surface area contributed by atoms with Gasteiger partial charge in [-0.15, -0.1) is 0 Å². The second-order valence-electron chi connectivity index (χ2n) is 4.93. The second-order valence-corrected chi connectivity index (χ2v) is 4.93. The number of aliphatic hydroxyl groups excluding tert-OH is 1. The first-order valence-corrected chi connectivity index (χ1v) is 6.54. The molecular weight excluding hydrogens is 222 g/mol. The SMILES string of the molecule is CC(C)N(CCO)Cc1cccc2ccccc12. The molecule has 0 spiro atoms. The van der Waals surface area contributed by atoms with Gasteiger partial charge in [0.2, 0.25) is 0 Å². The average Bonchev–Trinajstić information content (AvgIpc) is 2.38. The van der Waals surface area contributed by atoms with Crippen LogP contribution in [0.15, 0.2) is 42.5 Å². The maximum atomic E-state index is 9.14. The van der Waals surface area contributed by atoms with Gasteiger partial charge < -0.3 is 5.11 Å². The highest BCUT2D eigenvalue weighted by molar-refractivity contribution is 5.85. The molecule has 0 amide bonds. The van der Waals surface area contributed by atoms with Gasteiger partial charge in [-0.3, -0.25) is 4.90 Å². The minimum Gasteiger partial charge on any atom is -0.395 e. The van der Waals surface area contributed by atoms with E-state index in [1.807, 2.05) is 0 Å². The first-order chi connectivity index (χ1) is 8.72. The largest absolute Gasteiger partial charge is 0.395 e. The third-order valence-electron chi connectivity index (χ3n) is 3.37. The molecule has 0 aliphatic carbocycles. The Bertz CT molecular complexity index is 502. The third-order valence-corrected chi connectivity index (χ3v) is 3.37. The van der Waals surface area contributed by atoms with Crippen LogP contribution < -0.4 is 0 Å². The lowest BCUT2D eigenvalue weighted by atomic mass is 10.0. The molecule has 2 aromatic rings.